The first-order valence-electron chi connectivity index (χ1n) is 7.14. The van der Waals surface area contributed by atoms with Gasteiger partial charge >= 0.3 is 0 Å². The van der Waals surface area contributed by atoms with Gasteiger partial charge in [0, 0.05) is 11.4 Å². The number of carbonyl (C=O) groups is 1. The Labute approximate surface area is 134 Å². The molecule has 1 aromatic heterocycles. The molecule has 0 spiro atoms. The zero-order chi connectivity index (χ0) is 15.9. The fourth-order valence-corrected chi connectivity index (χ4v) is 2.38. The summed E-state index contributed by atoms with van der Waals surface area (Å²) in [6.07, 6.45) is 0.892. The first-order valence-corrected chi connectivity index (χ1v) is 8.02. The number of carbonyl (C=O) groups excluding carboxylic acids is 1. The van der Waals surface area contributed by atoms with Gasteiger partial charge in [-0.1, -0.05) is 6.92 Å². The fourth-order valence-electron chi connectivity index (χ4n) is 1.70. The number of benzene rings is 1. The minimum absolute atomic E-state index is 0.138. The molecule has 0 aliphatic heterocycles. The normalized spacial score (nSPS) is 11.8. The van der Waals surface area contributed by atoms with Crippen LogP contribution in [0.15, 0.2) is 29.6 Å². The summed E-state index contributed by atoms with van der Waals surface area (Å²) in [5.74, 6) is 1.38. The summed E-state index contributed by atoms with van der Waals surface area (Å²) in [4.78, 5) is 16.3. The average molecular weight is 320 g/mol. The molecule has 5 nitrogen and oxygen atoms in total. The minimum Gasteiger partial charge on any atom is -0.497 e. The monoisotopic (exact) mass is 320 g/mol. The van der Waals surface area contributed by atoms with Crippen molar-refractivity contribution in [3.8, 4) is 11.5 Å². The Morgan fingerprint density at radius 2 is 2.00 bits per heavy atom. The predicted octanol–water partition coefficient (Wildman–Crippen LogP) is 3.26. The van der Waals surface area contributed by atoms with Gasteiger partial charge < -0.3 is 14.8 Å². The van der Waals surface area contributed by atoms with Crippen molar-refractivity contribution in [1.82, 2.24) is 10.3 Å². The van der Waals surface area contributed by atoms with Gasteiger partial charge in [-0.3, -0.25) is 4.79 Å². The maximum Gasteiger partial charge on any atom is 0.270 e. The van der Waals surface area contributed by atoms with Gasteiger partial charge in [-0.15, -0.1) is 11.3 Å². The van der Waals surface area contributed by atoms with Gasteiger partial charge in [-0.25, -0.2) is 4.98 Å². The molecule has 0 aliphatic carbocycles. The number of hydrogen-bond acceptors (Lipinski definition) is 5. The fraction of sp³-hybridized carbons (Fsp3) is 0.375. The molecule has 0 bridgehead atoms. The Kier molecular flexibility index (Phi) is 5.77. The number of hydrogen-bond donors (Lipinski definition) is 1. The van der Waals surface area contributed by atoms with E-state index in [1.807, 2.05) is 38.1 Å². The van der Waals surface area contributed by atoms with Crippen LogP contribution in [0.4, 0.5) is 0 Å². The molecule has 0 radical (unpaired) electrons. The van der Waals surface area contributed by atoms with Gasteiger partial charge in [0.25, 0.3) is 5.91 Å². The van der Waals surface area contributed by atoms with E-state index < -0.39 is 0 Å². The van der Waals surface area contributed by atoms with Crippen molar-refractivity contribution < 1.29 is 14.3 Å². The average Bonchev–Trinajstić information content (AvgIpc) is 3.02. The number of ether oxygens (including phenoxy) is 2. The van der Waals surface area contributed by atoms with Crippen molar-refractivity contribution in [2.45, 2.75) is 32.9 Å². The van der Waals surface area contributed by atoms with Crippen molar-refractivity contribution in [2.75, 3.05) is 7.11 Å². The molecule has 1 heterocycles. The van der Waals surface area contributed by atoms with E-state index in [1.165, 1.54) is 11.3 Å². The highest BCUT2D eigenvalue weighted by Gasteiger charge is 2.12. The second-order valence-electron chi connectivity index (χ2n) is 4.87. The van der Waals surface area contributed by atoms with Gasteiger partial charge in [0.2, 0.25) is 0 Å². The first kappa shape index (κ1) is 16.3. The molecule has 118 valence electrons. The number of nitrogens with one attached hydrogen (secondary N) is 1. The Hall–Kier alpha value is -2.08. The Bertz CT molecular complexity index is 610. The van der Waals surface area contributed by atoms with Crippen LogP contribution in [0.1, 0.15) is 35.8 Å². The van der Waals surface area contributed by atoms with E-state index in [0.717, 1.165) is 22.9 Å². The smallest absolute Gasteiger partial charge is 0.270 e. The Balaban J connectivity index is 1.90. The summed E-state index contributed by atoms with van der Waals surface area (Å²) in [6, 6.07) is 7.49. The van der Waals surface area contributed by atoms with Crippen molar-refractivity contribution in [2.24, 2.45) is 0 Å². The highest BCUT2D eigenvalue weighted by Crippen LogP contribution is 2.19. The van der Waals surface area contributed by atoms with Gasteiger partial charge in [-0.05, 0) is 37.6 Å². The summed E-state index contributed by atoms with van der Waals surface area (Å²) in [7, 11) is 1.62. The van der Waals surface area contributed by atoms with Crippen LogP contribution < -0.4 is 14.8 Å². The maximum absolute atomic E-state index is 12.0. The predicted molar refractivity (Wildman–Crippen MR) is 86.7 cm³/mol. The van der Waals surface area contributed by atoms with E-state index in [9.17, 15) is 4.79 Å². The Morgan fingerprint density at radius 1 is 1.32 bits per heavy atom. The molecule has 6 heteroatoms. The lowest BCUT2D eigenvalue weighted by Crippen LogP contribution is -2.32. The van der Waals surface area contributed by atoms with Crippen LogP contribution in [0.25, 0.3) is 0 Å². The molecule has 1 atom stereocenters. The third kappa shape index (κ3) is 4.46. The van der Waals surface area contributed by atoms with Crippen LogP contribution >= 0.6 is 11.3 Å². The highest BCUT2D eigenvalue weighted by molar-refractivity contribution is 7.09. The lowest BCUT2D eigenvalue weighted by molar-refractivity contribution is 0.0934. The van der Waals surface area contributed by atoms with Crippen molar-refractivity contribution >= 4 is 17.2 Å². The standard InChI is InChI=1S/C16H20N2O3S/c1-4-11(2)17-16(19)14-10-22-15(18-14)9-21-13-7-5-12(20-3)6-8-13/h5-8,10-11H,4,9H2,1-3H3,(H,17,19). The summed E-state index contributed by atoms with van der Waals surface area (Å²) in [5, 5.41) is 5.42. The van der Waals surface area contributed by atoms with Crippen LogP contribution in [0.5, 0.6) is 11.5 Å². The molecular weight excluding hydrogens is 300 g/mol. The van der Waals surface area contributed by atoms with Crippen LogP contribution in [0.3, 0.4) is 0 Å². The van der Waals surface area contributed by atoms with Crippen LogP contribution in [-0.4, -0.2) is 24.0 Å². The molecule has 0 saturated carbocycles. The van der Waals surface area contributed by atoms with Gasteiger partial charge in [0.05, 0.1) is 7.11 Å². The largest absolute Gasteiger partial charge is 0.497 e. The van der Waals surface area contributed by atoms with E-state index >= 15 is 0 Å². The summed E-state index contributed by atoms with van der Waals surface area (Å²) < 4.78 is 10.7. The molecule has 1 N–H and O–H groups in total. The molecular formula is C16H20N2O3S. The SMILES string of the molecule is CCC(C)NC(=O)c1csc(COc2ccc(OC)cc2)n1. The summed E-state index contributed by atoms with van der Waals surface area (Å²) in [6.45, 7) is 4.34. The van der Waals surface area contributed by atoms with Gasteiger partial charge in [0.15, 0.2) is 0 Å². The molecule has 1 unspecified atom stereocenters. The van der Waals surface area contributed by atoms with E-state index in [2.05, 4.69) is 10.3 Å². The molecule has 0 fully saturated rings. The molecule has 1 aromatic carbocycles. The van der Waals surface area contributed by atoms with Crippen molar-refractivity contribution in [1.29, 1.82) is 0 Å². The number of amides is 1. The second-order valence-corrected chi connectivity index (χ2v) is 5.82. The lowest BCUT2D eigenvalue weighted by atomic mass is 10.2. The quantitative estimate of drug-likeness (QED) is 0.850. The van der Waals surface area contributed by atoms with Crippen LogP contribution in [0.2, 0.25) is 0 Å². The number of nitrogens with zero attached hydrogens (tertiary/aromatic N) is 1. The lowest BCUT2D eigenvalue weighted by Gasteiger charge is -2.09. The highest BCUT2D eigenvalue weighted by atomic mass is 32.1. The molecule has 22 heavy (non-hydrogen) atoms. The third-order valence-corrected chi connectivity index (χ3v) is 4.02. The number of thiazole rings is 1. The van der Waals surface area contributed by atoms with Crippen LogP contribution in [0, 0.1) is 0 Å². The van der Waals surface area contributed by atoms with E-state index in [0.29, 0.717) is 12.3 Å². The summed E-state index contributed by atoms with van der Waals surface area (Å²) in [5.41, 5.74) is 0.443. The number of rotatable bonds is 7. The van der Waals surface area contributed by atoms with Crippen LogP contribution in [-0.2, 0) is 6.61 Å². The molecule has 0 aliphatic rings. The zero-order valence-electron chi connectivity index (χ0n) is 13.0. The van der Waals surface area contributed by atoms with E-state index in [1.54, 1.807) is 12.5 Å². The maximum atomic E-state index is 12.0. The third-order valence-electron chi connectivity index (χ3n) is 3.20. The van der Waals surface area contributed by atoms with Crippen molar-refractivity contribution in [3.63, 3.8) is 0 Å². The van der Waals surface area contributed by atoms with Crippen molar-refractivity contribution in [3.05, 3.63) is 40.3 Å². The van der Waals surface area contributed by atoms with Gasteiger partial charge in [-0.2, -0.15) is 0 Å². The topological polar surface area (TPSA) is 60.5 Å². The van der Waals surface area contributed by atoms with Gasteiger partial charge in [0.1, 0.15) is 28.8 Å². The zero-order valence-corrected chi connectivity index (χ0v) is 13.8. The van der Waals surface area contributed by atoms with E-state index in [4.69, 9.17) is 9.47 Å². The first-order chi connectivity index (χ1) is 10.6. The molecule has 0 saturated heterocycles. The molecule has 2 aromatic rings. The molecule has 2 rings (SSSR count). The number of methoxy groups -OCH3 is 1. The van der Waals surface area contributed by atoms with E-state index in [-0.39, 0.29) is 11.9 Å². The minimum atomic E-state index is -0.138. The second kappa shape index (κ2) is 7.79. The Morgan fingerprint density at radius 3 is 2.64 bits per heavy atom. The molecule has 1 amide bonds. The number of aromatic nitrogens is 1. The summed E-state index contributed by atoms with van der Waals surface area (Å²) >= 11 is 1.42.